The Hall–Kier alpha value is -2.67. The minimum absolute atomic E-state index is 0.579. The van der Waals surface area contributed by atoms with Gasteiger partial charge in [-0.1, -0.05) is 6.07 Å². The maximum absolute atomic E-state index is 9.04. The van der Waals surface area contributed by atoms with Crippen LogP contribution in [0.2, 0.25) is 0 Å². The van der Waals surface area contributed by atoms with Crippen LogP contribution in [0.5, 0.6) is 0 Å². The van der Waals surface area contributed by atoms with Gasteiger partial charge in [0.1, 0.15) is 17.4 Å². The third-order valence-corrected chi connectivity index (χ3v) is 2.78. The zero-order valence-corrected chi connectivity index (χ0v) is 9.81. The lowest BCUT2D eigenvalue weighted by Crippen LogP contribution is -1.84. The lowest BCUT2D eigenvalue weighted by Gasteiger charge is -1.96. The molecule has 3 rings (SSSR count). The molecule has 0 aliphatic rings. The van der Waals surface area contributed by atoms with Crippen LogP contribution >= 0.6 is 0 Å². The van der Waals surface area contributed by atoms with E-state index >= 15 is 0 Å². The largest absolute Gasteiger partial charge is 0.338 e. The molecule has 4 nitrogen and oxygen atoms in total. The van der Waals surface area contributed by atoms with Crippen LogP contribution < -0.4 is 0 Å². The quantitative estimate of drug-likeness (QED) is 0.704. The summed E-state index contributed by atoms with van der Waals surface area (Å²) in [4.78, 5) is 11.8. The molecule has 1 N–H and O–H groups in total. The van der Waals surface area contributed by atoms with Gasteiger partial charge in [-0.15, -0.1) is 0 Å². The molecule has 2 aromatic heterocycles. The number of para-hydroxylation sites is 1. The first-order valence-corrected chi connectivity index (χ1v) is 5.59. The molecule has 0 atom stereocenters. The van der Waals surface area contributed by atoms with Crippen LogP contribution in [0.4, 0.5) is 0 Å². The summed E-state index contributed by atoms with van der Waals surface area (Å²) in [5, 5.41) is 9.04. The van der Waals surface area contributed by atoms with Crippen molar-refractivity contribution in [1.82, 2.24) is 15.0 Å². The molecule has 0 saturated carbocycles. The van der Waals surface area contributed by atoms with Crippen LogP contribution in [-0.4, -0.2) is 15.0 Å². The summed E-state index contributed by atoms with van der Waals surface area (Å²) in [7, 11) is 0. The van der Waals surface area contributed by atoms with Crippen molar-refractivity contribution in [2.45, 2.75) is 6.92 Å². The van der Waals surface area contributed by atoms with Gasteiger partial charge in [-0.2, -0.15) is 5.26 Å². The molecule has 0 amide bonds. The molecular formula is C14H10N4. The fraction of sp³-hybridized carbons (Fsp3) is 0.0714. The van der Waals surface area contributed by atoms with Gasteiger partial charge in [0, 0.05) is 18.0 Å². The zero-order chi connectivity index (χ0) is 12.5. The van der Waals surface area contributed by atoms with Crippen molar-refractivity contribution in [3.63, 3.8) is 0 Å². The Balaban J connectivity index is 2.23. The average molecular weight is 234 g/mol. The van der Waals surface area contributed by atoms with E-state index in [4.69, 9.17) is 5.26 Å². The topological polar surface area (TPSA) is 65.4 Å². The predicted octanol–water partition coefficient (Wildman–Crippen LogP) is 2.80. The van der Waals surface area contributed by atoms with Crippen molar-refractivity contribution in [2.75, 3.05) is 0 Å². The molecule has 18 heavy (non-hydrogen) atoms. The van der Waals surface area contributed by atoms with Gasteiger partial charge in [0.2, 0.25) is 0 Å². The molecule has 0 bridgehead atoms. The van der Waals surface area contributed by atoms with Gasteiger partial charge < -0.3 is 4.98 Å². The van der Waals surface area contributed by atoms with Crippen molar-refractivity contribution in [3.05, 3.63) is 47.8 Å². The van der Waals surface area contributed by atoms with Gasteiger partial charge in [-0.25, -0.2) is 4.98 Å². The molecule has 0 saturated heterocycles. The maximum Gasteiger partial charge on any atom is 0.140 e. The van der Waals surface area contributed by atoms with Crippen molar-refractivity contribution < 1.29 is 0 Å². The first kappa shape index (κ1) is 10.5. The van der Waals surface area contributed by atoms with Crippen molar-refractivity contribution in [2.24, 2.45) is 0 Å². The lowest BCUT2D eigenvalue weighted by atomic mass is 10.2. The molecule has 1 aromatic carbocycles. The molecule has 3 aromatic rings. The van der Waals surface area contributed by atoms with E-state index in [1.54, 1.807) is 18.5 Å². The minimum Gasteiger partial charge on any atom is -0.338 e. The van der Waals surface area contributed by atoms with Crippen LogP contribution in [0.15, 0.2) is 36.7 Å². The van der Waals surface area contributed by atoms with Gasteiger partial charge in [-0.3, -0.25) is 4.98 Å². The fourth-order valence-electron chi connectivity index (χ4n) is 1.94. The third-order valence-electron chi connectivity index (χ3n) is 2.78. The predicted molar refractivity (Wildman–Crippen MR) is 68.8 cm³/mol. The van der Waals surface area contributed by atoms with Crippen molar-refractivity contribution >= 4 is 11.0 Å². The van der Waals surface area contributed by atoms with Crippen molar-refractivity contribution in [3.8, 4) is 17.5 Å². The fourth-order valence-corrected chi connectivity index (χ4v) is 1.94. The average Bonchev–Trinajstić information content (AvgIpc) is 2.82. The van der Waals surface area contributed by atoms with Crippen LogP contribution in [0.3, 0.4) is 0 Å². The SMILES string of the molecule is Cc1cncc(-c2nc3c(C#N)cccc3[nH]2)c1. The summed E-state index contributed by atoms with van der Waals surface area (Å²) < 4.78 is 0. The zero-order valence-electron chi connectivity index (χ0n) is 9.81. The van der Waals surface area contributed by atoms with Gasteiger partial charge in [-0.05, 0) is 30.7 Å². The Morgan fingerprint density at radius 3 is 2.94 bits per heavy atom. The summed E-state index contributed by atoms with van der Waals surface area (Å²) in [6.07, 6.45) is 3.56. The minimum atomic E-state index is 0.579. The molecule has 4 heteroatoms. The van der Waals surface area contributed by atoms with Crippen molar-refractivity contribution in [1.29, 1.82) is 5.26 Å². The first-order chi connectivity index (χ1) is 8.78. The number of fused-ring (bicyclic) bond motifs is 1. The highest BCUT2D eigenvalue weighted by atomic mass is 14.9. The van der Waals surface area contributed by atoms with Gasteiger partial charge in [0.05, 0.1) is 11.1 Å². The van der Waals surface area contributed by atoms with E-state index in [2.05, 4.69) is 21.0 Å². The molecule has 2 heterocycles. The Kier molecular flexibility index (Phi) is 2.31. The first-order valence-electron chi connectivity index (χ1n) is 5.59. The number of H-pyrrole nitrogens is 1. The number of nitriles is 1. The summed E-state index contributed by atoms with van der Waals surface area (Å²) in [6, 6.07) is 9.68. The number of rotatable bonds is 1. The number of hydrogen-bond acceptors (Lipinski definition) is 3. The molecule has 0 aliphatic carbocycles. The maximum atomic E-state index is 9.04. The second kappa shape index (κ2) is 3.97. The molecule has 0 aliphatic heterocycles. The molecule has 0 fully saturated rings. The Morgan fingerprint density at radius 1 is 1.28 bits per heavy atom. The van der Waals surface area contributed by atoms with Crippen LogP contribution in [0.25, 0.3) is 22.4 Å². The third kappa shape index (κ3) is 1.62. The number of aryl methyl sites for hydroxylation is 1. The Morgan fingerprint density at radius 2 is 2.17 bits per heavy atom. The molecule has 0 unspecified atom stereocenters. The summed E-state index contributed by atoms with van der Waals surface area (Å²) >= 11 is 0. The highest BCUT2D eigenvalue weighted by molar-refractivity contribution is 5.84. The number of hydrogen-bond donors (Lipinski definition) is 1. The number of nitrogens with zero attached hydrogens (tertiary/aromatic N) is 3. The summed E-state index contributed by atoms with van der Waals surface area (Å²) in [5.41, 5.74) is 4.15. The molecular weight excluding hydrogens is 224 g/mol. The normalized spacial score (nSPS) is 10.4. The van der Waals surface area contributed by atoms with Crippen LogP contribution in [-0.2, 0) is 0 Å². The van der Waals surface area contributed by atoms with E-state index in [9.17, 15) is 0 Å². The van der Waals surface area contributed by atoms with Gasteiger partial charge in [0.15, 0.2) is 0 Å². The van der Waals surface area contributed by atoms with Crippen LogP contribution in [0, 0.1) is 18.3 Å². The summed E-state index contributed by atoms with van der Waals surface area (Å²) in [6.45, 7) is 1.99. The standard InChI is InChI=1S/C14H10N4/c1-9-5-11(8-16-7-9)14-17-12-4-2-3-10(6-15)13(12)18-14/h2-5,7-8H,1H3,(H,17,18). The Bertz CT molecular complexity index is 765. The highest BCUT2D eigenvalue weighted by Gasteiger charge is 2.08. The Labute approximate surface area is 104 Å². The molecule has 86 valence electrons. The van der Waals surface area contributed by atoms with E-state index in [0.29, 0.717) is 11.1 Å². The number of pyridine rings is 1. The number of imidazole rings is 1. The van der Waals surface area contributed by atoms with E-state index in [0.717, 1.165) is 22.5 Å². The summed E-state index contributed by atoms with van der Waals surface area (Å²) in [5.74, 6) is 0.740. The monoisotopic (exact) mass is 234 g/mol. The van der Waals surface area contributed by atoms with Gasteiger partial charge in [0.25, 0.3) is 0 Å². The number of aromatic nitrogens is 3. The second-order valence-corrected chi connectivity index (χ2v) is 4.15. The number of aromatic amines is 1. The second-order valence-electron chi connectivity index (χ2n) is 4.15. The highest BCUT2D eigenvalue weighted by Crippen LogP contribution is 2.22. The van der Waals surface area contributed by atoms with E-state index in [-0.39, 0.29) is 0 Å². The number of nitrogens with one attached hydrogen (secondary N) is 1. The van der Waals surface area contributed by atoms with Gasteiger partial charge >= 0.3 is 0 Å². The number of benzene rings is 1. The van der Waals surface area contributed by atoms with Crippen LogP contribution in [0.1, 0.15) is 11.1 Å². The van der Waals surface area contributed by atoms with E-state index in [1.807, 2.05) is 25.1 Å². The van der Waals surface area contributed by atoms with E-state index < -0.39 is 0 Å². The lowest BCUT2D eigenvalue weighted by molar-refractivity contribution is 1.24. The molecule has 0 spiro atoms. The smallest absolute Gasteiger partial charge is 0.140 e. The van der Waals surface area contributed by atoms with E-state index in [1.165, 1.54) is 0 Å². The molecule has 0 radical (unpaired) electrons.